The van der Waals surface area contributed by atoms with E-state index in [-0.39, 0.29) is 36.0 Å². The summed E-state index contributed by atoms with van der Waals surface area (Å²) >= 11 is 0. The van der Waals surface area contributed by atoms with Gasteiger partial charge in [0.1, 0.15) is 23.3 Å². The first-order valence-electron chi connectivity index (χ1n) is 10.7. The third-order valence-corrected chi connectivity index (χ3v) is 7.78. The van der Waals surface area contributed by atoms with Crippen molar-refractivity contribution < 1.29 is 26.4 Å². The van der Waals surface area contributed by atoms with Gasteiger partial charge in [0.15, 0.2) is 0 Å². The van der Waals surface area contributed by atoms with Gasteiger partial charge >= 0.3 is 0 Å². The topological polar surface area (TPSA) is 84.3 Å². The van der Waals surface area contributed by atoms with Crippen LogP contribution in [-0.4, -0.2) is 41.5 Å². The Morgan fingerprint density at radius 3 is 2.38 bits per heavy atom. The maximum atomic E-state index is 14.1. The van der Waals surface area contributed by atoms with Crippen LogP contribution < -0.4 is 5.32 Å². The van der Waals surface area contributed by atoms with Crippen LogP contribution in [0.3, 0.4) is 0 Å². The molecule has 3 aromatic rings. The average Bonchev–Trinajstić information content (AvgIpc) is 3.15. The van der Waals surface area contributed by atoms with Crippen molar-refractivity contribution in [3.63, 3.8) is 0 Å². The number of rotatable bonds is 6. The molecule has 0 atom stereocenters. The van der Waals surface area contributed by atoms with Gasteiger partial charge < -0.3 is 5.32 Å². The van der Waals surface area contributed by atoms with E-state index < -0.39 is 33.4 Å². The van der Waals surface area contributed by atoms with Gasteiger partial charge in [-0.05, 0) is 62.2 Å². The number of carbonyl (C=O) groups is 1. The predicted molar refractivity (Wildman–Crippen MR) is 119 cm³/mol. The number of nitrogens with zero attached hydrogens (tertiary/aromatic N) is 3. The molecule has 34 heavy (non-hydrogen) atoms. The Labute approximate surface area is 195 Å². The molecule has 11 heteroatoms. The third-order valence-electron chi connectivity index (χ3n) is 5.87. The van der Waals surface area contributed by atoms with Gasteiger partial charge in [-0.2, -0.15) is 9.40 Å². The van der Waals surface area contributed by atoms with Crippen molar-refractivity contribution in [3.05, 3.63) is 77.2 Å². The Balaban J connectivity index is 1.41. The van der Waals surface area contributed by atoms with Crippen LogP contribution in [0.1, 0.15) is 24.0 Å². The summed E-state index contributed by atoms with van der Waals surface area (Å²) in [4.78, 5) is 12.9. The maximum absolute atomic E-state index is 14.1. The first-order valence-corrected chi connectivity index (χ1v) is 12.1. The molecule has 7 nitrogen and oxygen atoms in total. The second kappa shape index (κ2) is 9.59. The lowest BCUT2D eigenvalue weighted by molar-refractivity contribution is -0.121. The Kier molecular flexibility index (Phi) is 6.76. The quantitative estimate of drug-likeness (QED) is 0.569. The molecule has 4 rings (SSSR count). The van der Waals surface area contributed by atoms with Gasteiger partial charge in [0.05, 0.1) is 17.6 Å². The molecule has 1 N–H and O–H groups in total. The minimum atomic E-state index is -3.78. The van der Waals surface area contributed by atoms with Crippen molar-refractivity contribution in [1.29, 1.82) is 0 Å². The van der Waals surface area contributed by atoms with Crippen molar-refractivity contribution >= 4 is 21.7 Å². The number of sulfonamides is 1. The average molecular weight is 493 g/mol. The van der Waals surface area contributed by atoms with Gasteiger partial charge in [0, 0.05) is 30.1 Å². The lowest BCUT2D eigenvalue weighted by atomic mass is 9.97. The molecule has 1 aliphatic rings. The zero-order valence-corrected chi connectivity index (χ0v) is 19.2. The van der Waals surface area contributed by atoms with Crippen LogP contribution in [0.25, 0.3) is 0 Å². The van der Waals surface area contributed by atoms with Gasteiger partial charge in [-0.1, -0.05) is 0 Å². The van der Waals surface area contributed by atoms with E-state index in [0.29, 0.717) is 24.2 Å². The van der Waals surface area contributed by atoms with Crippen LogP contribution in [0.5, 0.6) is 0 Å². The SMILES string of the molecule is Cc1cnn(Cc2cc(F)ccc2F)c1NC(=O)C1CCN(S(=O)(=O)c2ccc(F)cc2)CC1. The summed E-state index contributed by atoms with van der Waals surface area (Å²) in [6.45, 7) is 1.95. The standard InChI is InChI=1S/C23H23F3N4O3S/c1-15-13-27-30(14-17-12-19(25)4-7-21(17)26)22(15)28-23(31)16-8-10-29(11-9-16)34(32,33)20-5-2-18(24)3-6-20/h2-7,12-13,16H,8-11,14H2,1H3,(H,28,31). The normalized spacial score (nSPS) is 15.4. The molecule has 1 aliphatic heterocycles. The summed E-state index contributed by atoms with van der Waals surface area (Å²) in [5.74, 6) is -2.05. The minimum absolute atomic E-state index is 0.000842. The van der Waals surface area contributed by atoms with Crippen LogP contribution >= 0.6 is 0 Å². The first-order chi connectivity index (χ1) is 16.1. The molecule has 1 saturated heterocycles. The Morgan fingerprint density at radius 1 is 1.06 bits per heavy atom. The third kappa shape index (κ3) is 5.00. The molecule has 1 fully saturated rings. The number of aryl methyl sites for hydroxylation is 1. The highest BCUT2D eigenvalue weighted by Crippen LogP contribution is 2.26. The number of aromatic nitrogens is 2. The molecule has 0 spiro atoms. The maximum Gasteiger partial charge on any atom is 0.243 e. The van der Waals surface area contributed by atoms with E-state index in [2.05, 4.69) is 10.4 Å². The summed E-state index contributed by atoms with van der Waals surface area (Å²) in [7, 11) is -3.78. The van der Waals surface area contributed by atoms with Crippen LogP contribution in [0, 0.1) is 30.3 Å². The zero-order chi connectivity index (χ0) is 24.5. The van der Waals surface area contributed by atoms with Gasteiger partial charge in [0.25, 0.3) is 0 Å². The molecule has 0 aliphatic carbocycles. The van der Waals surface area contributed by atoms with Crippen LogP contribution in [0.4, 0.5) is 19.0 Å². The number of carbonyl (C=O) groups excluding carboxylic acids is 1. The lowest BCUT2D eigenvalue weighted by Crippen LogP contribution is -2.41. The number of halogens is 3. The highest BCUT2D eigenvalue weighted by Gasteiger charge is 2.32. The van der Waals surface area contributed by atoms with Crippen LogP contribution in [0.15, 0.2) is 53.6 Å². The summed E-state index contributed by atoms with van der Waals surface area (Å²) in [6, 6.07) is 7.76. The monoisotopic (exact) mass is 492 g/mol. The molecule has 0 radical (unpaired) electrons. The molecule has 180 valence electrons. The van der Waals surface area contributed by atoms with Gasteiger partial charge in [0.2, 0.25) is 15.9 Å². The summed E-state index contributed by atoms with van der Waals surface area (Å²) in [5.41, 5.74) is 0.749. The van der Waals surface area contributed by atoms with E-state index >= 15 is 0 Å². The highest BCUT2D eigenvalue weighted by atomic mass is 32.2. The fourth-order valence-corrected chi connectivity index (χ4v) is 5.39. The fourth-order valence-electron chi connectivity index (χ4n) is 3.92. The Morgan fingerprint density at radius 2 is 1.71 bits per heavy atom. The highest BCUT2D eigenvalue weighted by molar-refractivity contribution is 7.89. The molecular formula is C23H23F3N4O3S. The van der Waals surface area contributed by atoms with E-state index in [4.69, 9.17) is 0 Å². The van der Waals surface area contributed by atoms with Gasteiger partial charge in [-0.25, -0.2) is 26.3 Å². The number of amides is 1. The lowest BCUT2D eigenvalue weighted by Gasteiger charge is -2.30. The molecule has 0 saturated carbocycles. The van der Waals surface area contributed by atoms with Crippen molar-refractivity contribution in [2.45, 2.75) is 31.2 Å². The number of piperidine rings is 1. The molecule has 2 aromatic carbocycles. The summed E-state index contributed by atoms with van der Waals surface area (Å²) in [6.07, 6.45) is 2.13. The molecule has 2 heterocycles. The smallest absolute Gasteiger partial charge is 0.243 e. The second-order valence-electron chi connectivity index (χ2n) is 8.19. The van der Waals surface area contributed by atoms with E-state index in [1.165, 1.54) is 27.3 Å². The molecule has 1 amide bonds. The van der Waals surface area contributed by atoms with E-state index in [1.807, 2.05) is 0 Å². The van der Waals surface area contributed by atoms with Crippen molar-refractivity contribution in [2.24, 2.45) is 5.92 Å². The molecule has 0 unspecified atom stereocenters. The van der Waals surface area contributed by atoms with Gasteiger partial charge in [-0.15, -0.1) is 0 Å². The summed E-state index contributed by atoms with van der Waals surface area (Å²) < 4.78 is 68.9. The number of nitrogens with one attached hydrogen (secondary N) is 1. The van der Waals surface area contributed by atoms with E-state index in [1.54, 1.807) is 6.92 Å². The number of hydrogen-bond acceptors (Lipinski definition) is 4. The van der Waals surface area contributed by atoms with Crippen molar-refractivity contribution in [1.82, 2.24) is 14.1 Å². The van der Waals surface area contributed by atoms with Crippen molar-refractivity contribution in [2.75, 3.05) is 18.4 Å². The number of anilines is 1. The molecule has 0 bridgehead atoms. The molecular weight excluding hydrogens is 469 g/mol. The van der Waals surface area contributed by atoms with Gasteiger partial charge in [-0.3, -0.25) is 4.79 Å². The van der Waals surface area contributed by atoms with Crippen LogP contribution in [0.2, 0.25) is 0 Å². The predicted octanol–water partition coefficient (Wildman–Crippen LogP) is 3.70. The minimum Gasteiger partial charge on any atom is -0.310 e. The fraction of sp³-hybridized carbons (Fsp3) is 0.304. The van der Waals surface area contributed by atoms with E-state index in [9.17, 15) is 26.4 Å². The van der Waals surface area contributed by atoms with E-state index in [0.717, 1.165) is 30.3 Å². The zero-order valence-electron chi connectivity index (χ0n) is 18.3. The number of hydrogen-bond donors (Lipinski definition) is 1. The van der Waals surface area contributed by atoms with Crippen molar-refractivity contribution in [3.8, 4) is 0 Å². The molecule has 1 aromatic heterocycles. The second-order valence-corrected chi connectivity index (χ2v) is 10.1. The largest absolute Gasteiger partial charge is 0.310 e. The Bertz CT molecular complexity index is 1300. The number of benzene rings is 2. The Hall–Kier alpha value is -3.18. The first kappa shape index (κ1) is 24.0. The summed E-state index contributed by atoms with van der Waals surface area (Å²) in [5, 5.41) is 6.97. The van der Waals surface area contributed by atoms with Crippen LogP contribution in [-0.2, 0) is 21.4 Å².